The Bertz CT molecular complexity index is 354. The van der Waals surface area contributed by atoms with Gasteiger partial charge in [-0.05, 0) is 0 Å². The van der Waals surface area contributed by atoms with Gasteiger partial charge in [0.05, 0.1) is 11.5 Å². The average Bonchev–Trinajstić information content (AvgIpc) is 2.67. The van der Waals surface area contributed by atoms with Gasteiger partial charge in [0, 0.05) is 24.5 Å². The summed E-state index contributed by atoms with van der Waals surface area (Å²) in [4.78, 5) is 5.11. The molecule has 0 saturated heterocycles. The predicted molar refractivity (Wildman–Crippen MR) is 53.2 cm³/mol. The first kappa shape index (κ1) is 8.47. The van der Waals surface area contributed by atoms with Gasteiger partial charge in [-0.1, -0.05) is 12.2 Å². The molecule has 1 aromatic heterocycles. The van der Waals surface area contributed by atoms with E-state index in [1.807, 2.05) is 12.3 Å². The summed E-state index contributed by atoms with van der Waals surface area (Å²) in [5.41, 5.74) is 1.08. The van der Waals surface area contributed by atoms with E-state index in [1.165, 1.54) is 11.3 Å². The second kappa shape index (κ2) is 3.72. The molecule has 2 N–H and O–H groups in total. The molecule has 68 valence electrons. The van der Waals surface area contributed by atoms with E-state index >= 15 is 0 Å². The van der Waals surface area contributed by atoms with Crippen LogP contribution in [-0.2, 0) is 6.61 Å². The molecule has 0 bridgehead atoms. The Morgan fingerprint density at radius 2 is 2.54 bits per heavy atom. The molecule has 2 rings (SSSR count). The van der Waals surface area contributed by atoms with Crippen LogP contribution in [0.2, 0.25) is 0 Å². The summed E-state index contributed by atoms with van der Waals surface area (Å²) in [6, 6.07) is 0. The zero-order valence-electron chi connectivity index (χ0n) is 7.03. The molecule has 0 aliphatic carbocycles. The van der Waals surface area contributed by atoms with Gasteiger partial charge in [0.2, 0.25) is 0 Å². The van der Waals surface area contributed by atoms with Crippen molar-refractivity contribution in [2.75, 3.05) is 6.54 Å². The van der Waals surface area contributed by atoms with Gasteiger partial charge >= 0.3 is 0 Å². The zero-order valence-corrected chi connectivity index (χ0v) is 7.84. The van der Waals surface area contributed by atoms with Crippen molar-refractivity contribution in [3.05, 3.63) is 34.4 Å². The van der Waals surface area contributed by atoms with Crippen LogP contribution in [0.25, 0.3) is 5.57 Å². The highest BCUT2D eigenvalue weighted by Crippen LogP contribution is 2.22. The summed E-state index contributed by atoms with van der Waals surface area (Å²) < 4.78 is 0. The second-order valence-corrected chi connectivity index (χ2v) is 3.82. The van der Waals surface area contributed by atoms with Crippen molar-refractivity contribution in [1.82, 2.24) is 10.3 Å². The number of nitrogens with one attached hydrogen (secondary N) is 1. The van der Waals surface area contributed by atoms with Crippen molar-refractivity contribution in [2.45, 2.75) is 6.61 Å². The molecule has 4 heteroatoms. The number of rotatable bonds is 2. The Morgan fingerprint density at radius 3 is 3.15 bits per heavy atom. The van der Waals surface area contributed by atoms with Gasteiger partial charge in [-0.25, -0.2) is 4.98 Å². The Balaban J connectivity index is 2.24. The Morgan fingerprint density at radius 1 is 1.62 bits per heavy atom. The maximum Gasteiger partial charge on any atom is 0.125 e. The number of thiazole rings is 1. The van der Waals surface area contributed by atoms with Gasteiger partial charge in [0.25, 0.3) is 0 Å². The third-order valence-electron chi connectivity index (χ3n) is 1.75. The number of aromatic nitrogens is 1. The van der Waals surface area contributed by atoms with Crippen molar-refractivity contribution >= 4 is 16.9 Å². The molecular weight excluding hydrogens is 184 g/mol. The van der Waals surface area contributed by atoms with Gasteiger partial charge in [-0.2, -0.15) is 0 Å². The Kier molecular flexibility index (Phi) is 2.42. The molecule has 0 amide bonds. The second-order valence-electron chi connectivity index (χ2n) is 2.70. The summed E-state index contributed by atoms with van der Waals surface area (Å²) in [6.07, 6.45) is 7.75. The molecule has 0 aromatic carbocycles. The maximum absolute atomic E-state index is 8.87. The van der Waals surface area contributed by atoms with E-state index in [-0.39, 0.29) is 6.61 Å². The van der Waals surface area contributed by atoms with Crippen molar-refractivity contribution < 1.29 is 5.11 Å². The van der Waals surface area contributed by atoms with Crippen LogP contribution in [-0.4, -0.2) is 16.6 Å². The van der Waals surface area contributed by atoms with Crippen LogP contribution >= 0.6 is 11.3 Å². The number of aliphatic hydroxyl groups is 1. The van der Waals surface area contributed by atoms with Crippen molar-refractivity contribution in [1.29, 1.82) is 0 Å². The molecule has 2 heterocycles. The van der Waals surface area contributed by atoms with Crippen molar-refractivity contribution in [3.8, 4) is 0 Å². The summed E-state index contributed by atoms with van der Waals surface area (Å²) >= 11 is 1.52. The monoisotopic (exact) mass is 194 g/mol. The highest BCUT2D eigenvalue weighted by atomic mass is 32.1. The van der Waals surface area contributed by atoms with E-state index in [1.54, 1.807) is 6.20 Å². The minimum atomic E-state index is 0.0715. The number of nitrogens with zero attached hydrogens (tertiary/aromatic N) is 1. The molecule has 1 aliphatic heterocycles. The van der Waals surface area contributed by atoms with Crippen LogP contribution in [0, 0.1) is 0 Å². The SMILES string of the molecule is OCc1cnc(C2=CNCC=C2)s1. The highest BCUT2D eigenvalue weighted by Gasteiger charge is 2.05. The standard InChI is InChI=1S/C9H10N2OS/c12-6-8-5-11-9(13-8)7-2-1-3-10-4-7/h1-2,4-5,10,12H,3,6H2. The lowest BCUT2D eigenvalue weighted by Gasteiger charge is -2.04. The fourth-order valence-electron chi connectivity index (χ4n) is 1.12. The quantitative estimate of drug-likeness (QED) is 0.742. The fourth-order valence-corrected chi connectivity index (χ4v) is 1.89. The van der Waals surface area contributed by atoms with Crippen LogP contribution in [0.4, 0.5) is 0 Å². The van der Waals surface area contributed by atoms with Crippen LogP contribution in [0.3, 0.4) is 0 Å². The summed E-state index contributed by atoms with van der Waals surface area (Å²) in [5.74, 6) is 0. The molecule has 0 radical (unpaired) electrons. The molecule has 0 saturated carbocycles. The predicted octanol–water partition coefficient (Wildman–Crippen LogP) is 1.14. The van der Waals surface area contributed by atoms with Crippen molar-refractivity contribution in [3.63, 3.8) is 0 Å². The average molecular weight is 194 g/mol. The minimum absolute atomic E-state index is 0.0715. The van der Waals surface area contributed by atoms with Gasteiger partial charge < -0.3 is 10.4 Å². The van der Waals surface area contributed by atoms with E-state index in [0.29, 0.717) is 0 Å². The topological polar surface area (TPSA) is 45.2 Å². The lowest BCUT2D eigenvalue weighted by atomic mass is 10.2. The van der Waals surface area contributed by atoms with Crippen LogP contribution < -0.4 is 5.32 Å². The number of dihydropyridines is 1. The Labute approximate surface area is 80.4 Å². The van der Waals surface area contributed by atoms with Crippen LogP contribution in [0.15, 0.2) is 24.5 Å². The first-order valence-electron chi connectivity index (χ1n) is 4.06. The molecule has 0 atom stereocenters. The molecule has 0 fully saturated rings. The zero-order chi connectivity index (χ0) is 9.10. The molecule has 1 aliphatic rings. The molecule has 0 unspecified atom stereocenters. The number of aliphatic hydroxyl groups excluding tert-OH is 1. The number of hydrogen-bond acceptors (Lipinski definition) is 4. The number of allylic oxidation sites excluding steroid dienone is 2. The normalized spacial score (nSPS) is 15.3. The van der Waals surface area contributed by atoms with Gasteiger partial charge in [0.15, 0.2) is 0 Å². The molecule has 13 heavy (non-hydrogen) atoms. The van der Waals surface area contributed by atoms with E-state index in [9.17, 15) is 0 Å². The first-order valence-corrected chi connectivity index (χ1v) is 4.88. The summed E-state index contributed by atoms with van der Waals surface area (Å²) in [5, 5.41) is 12.9. The highest BCUT2D eigenvalue weighted by molar-refractivity contribution is 7.12. The van der Waals surface area contributed by atoms with Crippen molar-refractivity contribution in [2.24, 2.45) is 0 Å². The van der Waals surface area contributed by atoms with E-state index < -0.39 is 0 Å². The molecule has 0 spiro atoms. The van der Waals surface area contributed by atoms with Gasteiger partial charge in [-0.15, -0.1) is 11.3 Å². The van der Waals surface area contributed by atoms with Crippen LogP contribution in [0.1, 0.15) is 9.88 Å². The minimum Gasteiger partial charge on any atom is -0.391 e. The number of hydrogen-bond donors (Lipinski definition) is 2. The van der Waals surface area contributed by atoms with Gasteiger partial charge in [0.1, 0.15) is 5.01 Å². The lowest BCUT2D eigenvalue weighted by molar-refractivity contribution is 0.285. The molecule has 3 nitrogen and oxygen atoms in total. The van der Waals surface area contributed by atoms with E-state index in [0.717, 1.165) is 22.0 Å². The van der Waals surface area contributed by atoms with Gasteiger partial charge in [-0.3, -0.25) is 0 Å². The van der Waals surface area contributed by atoms with E-state index in [4.69, 9.17) is 5.11 Å². The lowest BCUT2D eigenvalue weighted by Crippen LogP contribution is -2.08. The maximum atomic E-state index is 8.87. The third kappa shape index (κ3) is 1.79. The molecular formula is C9H10N2OS. The Hall–Kier alpha value is -1.13. The first-order chi connectivity index (χ1) is 6.40. The summed E-state index contributed by atoms with van der Waals surface area (Å²) in [6.45, 7) is 0.948. The third-order valence-corrected chi connectivity index (χ3v) is 2.78. The van der Waals surface area contributed by atoms with E-state index in [2.05, 4.69) is 16.4 Å². The smallest absolute Gasteiger partial charge is 0.125 e. The summed E-state index contributed by atoms with van der Waals surface area (Å²) in [7, 11) is 0. The molecule has 1 aromatic rings. The fraction of sp³-hybridized carbons (Fsp3) is 0.222. The largest absolute Gasteiger partial charge is 0.391 e. The van der Waals surface area contributed by atoms with Crippen LogP contribution in [0.5, 0.6) is 0 Å².